The number of nitrogens with zero attached hydrogens (tertiary/aromatic N) is 5. The second-order valence-corrected chi connectivity index (χ2v) is 8.63. The Morgan fingerprint density at radius 2 is 0.875 bits per heavy atom. The standard InChI is InChI=1S/C13H11N.C5H14N2.C4H11N.C3H9N.C2H6/c1-14-12-8-4-2-6-10(12)11-7-3-5-9-13(11)14;1-6(2)5-7(3)4;1-4-5(2)3;1-4(2)3;1-2/h2-9H,1H3;5H2,1-4H3;4H2,1-3H3;1-3H3;1-2H3. The van der Waals surface area contributed by atoms with E-state index in [-0.39, 0.29) is 0 Å². The number of para-hydroxylation sites is 2. The minimum Gasteiger partial charge on any atom is -0.344 e. The van der Waals surface area contributed by atoms with Crippen LogP contribution in [0.15, 0.2) is 48.5 Å². The molecule has 0 spiro atoms. The first-order valence-corrected chi connectivity index (χ1v) is 11.5. The summed E-state index contributed by atoms with van der Waals surface area (Å²) in [6.07, 6.45) is 0. The zero-order valence-corrected chi connectivity index (χ0v) is 23.3. The lowest BCUT2D eigenvalue weighted by atomic mass is 10.2. The Balaban J connectivity index is 0. The quantitative estimate of drug-likeness (QED) is 0.517. The van der Waals surface area contributed by atoms with Crippen LogP contribution >= 0.6 is 0 Å². The number of fused-ring (bicyclic) bond motifs is 3. The fourth-order valence-electron chi connectivity index (χ4n) is 2.68. The van der Waals surface area contributed by atoms with Gasteiger partial charge in [0, 0.05) is 35.5 Å². The van der Waals surface area contributed by atoms with E-state index in [1.165, 1.54) is 21.8 Å². The van der Waals surface area contributed by atoms with E-state index in [1.807, 2.05) is 39.9 Å². The van der Waals surface area contributed by atoms with Gasteiger partial charge < -0.3 is 14.4 Å². The van der Waals surface area contributed by atoms with Gasteiger partial charge in [-0.05, 0) is 82.1 Å². The maximum atomic E-state index is 2.24. The van der Waals surface area contributed by atoms with E-state index in [9.17, 15) is 0 Å². The van der Waals surface area contributed by atoms with Crippen molar-refractivity contribution < 1.29 is 0 Å². The predicted octanol–water partition coefficient (Wildman–Crippen LogP) is 5.17. The van der Waals surface area contributed by atoms with Crippen LogP contribution in [0.2, 0.25) is 0 Å². The summed E-state index contributed by atoms with van der Waals surface area (Å²) >= 11 is 0. The summed E-state index contributed by atoms with van der Waals surface area (Å²) in [7, 11) is 20.4. The number of hydrogen-bond donors (Lipinski definition) is 0. The van der Waals surface area contributed by atoms with Crippen molar-refractivity contribution >= 4 is 21.8 Å². The zero-order chi connectivity index (χ0) is 25.3. The minimum absolute atomic E-state index is 1.03. The number of aryl methyl sites for hydroxylation is 1. The van der Waals surface area contributed by atoms with Crippen LogP contribution in [0.1, 0.15) is 20.8 Å². The zero-order valence-electron chi connectivity index (χ0n) is 23.3. The Labute approximate surface area is 199 Å². The number of hydrogen-bond acceptors (Lipinski definition) is 4. The highest BCUT2D eigenvalue weighted by atomic mass is 15.2. The summed E-state index contributed by atoms with van der Waals surface area (Å²) in [4.78, 5) is 8.38. The van der Waals surface area contributed by atoms with Crippen molar-refractivity contribution in [3.63, 3.8) is 0 Å². The molecule has 3 rings (SSSR count). The summed E-state index contributed by atoms with van der Waals surface area (Å²) in [5.41, 5.74) is 2.60. The normalized spacial score (nSPS) is 10.2. The fraction of sp³-hybridized carbons (Fsp3) is 0.556. The van der Waals surface area contributed by atoms with Gasteiger partial charge in [-0.25, -0.2) is 0 Å². The van der Waals surface area contributed by atoms with Crippen molar-refractivity contribution in [2.75, 3.05) is 76.6 Å². The largest absolute Gasteiger partial charge is 0.344 e. The lowest BCUT2D eigenvalue weighted by Gasteiger charge is -2.14. The maximum Gasteiger partial charge on any atom is 0.0495 e. The molecule has 184 valence electrons. The Morgan fingerprint density at radius 1 is 0.594 bits per heavy atom. The van der Waals surface area contributed by atoms with Crippen LogP contribution in [0.3, 0.4) is 0 Å². The highest BCUT2D eigenvalue weighted by Crippen LogP contribution is 2.26. The number of benzene rings is 2. The van der Waals surface area contributed by atoms with Gasteiger partial charge in [-0.2, -0.15) is 0 Å². The van der Waals surface area contributed by atoms with Crippen LogP contribution in [0, 0.1) is 0 Å². The summed E-state index contributed by atoms with van der Waals surface area (Å²) in [6, 6.07) is 17.0. The summed E-state index contributed by atoms with van der Waals surface area (Å²) in [5.74, 6) is 0. The second-order valence-electron chi connectivity index (χ2n) is 8.63. The van der Waals surface area contributed by atoms with Crippen molar-refractivity contribution in [3.8, 4) is 0 Å². The van der Waals surface area contributed by atoms with E-state index >= 15 is 0 Å². The monoisotopic (exact) mass is 445 g/mol. The van der Waals surface area contributed by atoms with Gasteiger partial charge >= 0.3 is 0 Å². The Hall–Kier alpha value is -1.92. The highest BCUT2D eigenvalue weighted by molar-refractivity contribution is 6.07. The predicted molar refractivity (Wildman–Crippen MR) is 148 cm³/mol. The first-order valence-electron chi connectivity index (χ1n) is 11.5. The molecule has 0 N–H and O–H groups in total. The molecule has 1 aromatic heterocycles. The van der Waals surface area contributed by atoms with Gasteiger partial charge in [0.2, 0.25) is 0 Å². The first kappa shape index (κ1) is 32.3. The van der Waals surface area contributed by atoms with Crippen LogP contribution in [0.5, 0.6) is 0 Å². The molecule has 0 saturated carbocycles. The van der Waals surface area contributed by atoms with Crippen molar-refractivity contribution in [3.05, 3.63) is 48.5 Å². The van der Waals surface area contributed by atoms with Crippen molar-refractivity contribution in [1.29, 1.82) is 0 Å². The molecular weight excluding hydrogens is 394 g/mol. The van der Waals surface area contributed by atoms with Crippen molar-refractivity contribution in [2.24, 2.45) is 7.05 Å². The van der Waals surface area contributed by atoms with E-state index < -0.39 is 0 Å². The Bertz CT molecular complexity index is 757. The topological polar surface area (TPSA) is 17.9 Å². The summed E-state index contributed by atoms with van der Waals surface area (Å²) < 4.78 is 2.24. The Morgan fingerprint density at radius 3 is 1.09 bits per heavy atom. The van der Waals surface area contributed by atoms with E-state index in [0.717, 1.165) is 13.2 Å². The second kappa shape index (κ2) is 18.6. The van der Waals surface area contributed by atoms with E-state index in [1.54, 1.807) is 0 Å². The fourth-order valence-corrected chi connectivity index (χ4v) is 2.68. The van der Waals surface area contributed by atoms with Gasteiger partial charge in [0.05, 0.1) is 0 Å². The number of aromatic nitrogens is 1. The lowest BCUT2D eigenvalue weighted by molar-refractivity contribution is 0.245. The number of rotatable bonds is 3. The molecule has 32 heavy (non-hydrogen) atoms. The van der Waals surface area contributed by atoms with Crippen LogP contribution < -0.4 is 0 Å². The third-order valence-electron chi connectivity index (χ3n) is 4.02. The smallest absolute Gasteiger partial charge is 0.0495 e. The molecule has 0 fully saturated rings. The molecule has 0 atom stereocenters. The van der Waals surface area contributed by atoms with Crippen LogP contribution in [0.25, 0.3) is 21.8 Å². The molecule has 0 amide bonds. The van der Waals surface area contributed by atoms with Gasteiger partial charge in [-0.15, -0.1) is 0 Å². The highest BCUT2D eigenvalue weighted by Gasteiger charge is 2.04. The molecule has 0 bridgehead atoms. The molecule has 3 aromatic rings. The lowest BCUT2D eigenvalue weighted by Crippen LogP contribution is -2.26. The maximum absolute atomic E-state index is 2.24. The minimum atomic E-state index is 1.03. The molecule has 0 aliphatic rings. The van der Waals surface area contributed by atoms with Gasteiger partial charge in [0.15, 0.2) is 0 Å². The molecule has 0 saturated heterocycles. The van der Waals surface area contributed by atoms with Crippen LogP contribution in [-0.2, 0) is 7.05 Å². The average molecular weight is 446 g/mol. The van der Waals surface area contributed by atoms with Gasteiger partial charge in [-0.3, -0.25) is 9.80 Å². The van der Waals surface area contributed by atoms with E-state index in [2.05, 4.69) is 124 Å². The average Bonchev–Trinajstić information content (AvgIpc) is 3.02. The first-order chi connectivity index (χ1) is 15.0. The molecule has 5 heteroatoms. The van der Waals surface area contributed by atoms with Gasteiger partial charge in [0.25, 0.3) is 0 Å². The summed E-state index contributed by atoms with van der Waals surface area (Å²) in [5, 5.41) is 2.68. The molecular formula is C27H51N5. The molecule has 0 aliphatic carbocycles. The van der Waals surface area contributed by atoms with Gasteiger partial charge in [0.1, 0.15) is 0 Å². The molecule has 0 unspecified atom stereocenters. The van der Waals surface area contributed by atoms with Crippen LogP contribution in [-0.4, -0.2) is 101 Å². The molecule has 5 nitrogen and oxygen atoms in total. The van der Waals surface area contributed by atoms with Crippen molar-refractivity contribution in [2.45, 2.75) is 20.8 Å². The van der Waals surface area contributed by atoms with Crippen LogP contribution in [0.4, 0.5) is 0 Å². The van der Waals surface area contributed by atoms with Crippen molar-refractivity contribution in [1.82, 2.24) is 24.2 Å². The molecule has 0 radical (unpaired) electrons. The molecule has 1 heterocycles. The third kappa shape index (κ3) is 14.2. The van der Waals surface area contributed by atoms with E-state index in [4.69, 9.17) is 0 Å². The summed E-state index contributed by atoms with van der Waals surface area (Å²) in [6.45, 7) is 8.29. The van der Waals surface area contributed by atoms with E-state index in [0.29, 0.717) is 0 Å². The molecule has 0 aliphatic heterocycles. The third-order valence-corrected chi connectivity index (χ3v) is 4.02. The SMILES string of the molecule is CC.CCN(C)C.CN(C)C.CN(C)CN(C)C.Cn1c2ccccc2c2ccccc21. The molecule has 2 aromatic carbocycles. The van der Waals surface area contributed by atoms with Gasteiger partial charge in [-0.1, -0.05) is 57.2 Å². The Kier molecular flexibility index (Phi) is 18.8.